The van der Waals surface area contributed by atoms with Gasteiger partial charge < -0.3 is 14.6 Å². The van der Waals surface area contributed by atoms with Crippen LogP contribution in [0, 0.1) is 5.82 Å². The largest absolute Gasteiger partial charge is 0.459 e. The fourth-order valence-corrected chi connectivity index (χ4v) is 3.61. The topological polar surface area (TPSA) is 62.4 Å². The number of carbonyl (C=O) groups is 2. The van der Waals surface area contributed by atoms with Crippen LogP contribution in [0.4, 0.5) is 4.39 Å². The van der Waals surface area contributed by atoms with Gasteiger partial charge in [-0.05, 0) is 55.7 Å². The number of para-hydroxylation sites is 1. The number of H-pyrrole nitrogens is 1. The van der Waals surface area contributed by atoms with Crippen LogP contribution in [0.25, 0.3) is 16.5 Å². The number of aromatic nitrogens is 1. The molecule has 0 spiro atoms. The van der Waals surface area contributed by atoms with E-state index in [0.717, 1.165) is 16.5 Å². The third-order valence-corrected chi connectivity index (χ3v) is 5.43. The average Bonchev–Trinajstić information content (AvgIpc) is 3.01. The van der Waals surface area contributed by atoms with Gasteiger partial charge in [-0.15, -0.1) is 0 Å². The predicted octanol–water partition coefficient (Wildman–Crippen LogP) is 4.69. The maximum absolute atomic E-state index is 13.3. The van der Waals surface area contributed by atoms with Gasteiger partial charge in [-0.25, -0.2) is 9.18 Å². The zero-order chi connectivity index (χ0) is 21.3. The third-order valence-electron chi connectivity index (χ3n) is 5.43. The van der Waals surface area contributed by atoms with Gasteiger partial charge in [-0.1, -0.05) is 25.1 Å². The summed E-state index contributed by atoms with van der Waals surface area (Å²) >= 11 is 0. The molecule has 1 N–H and O–H groups in total. The first kappa shape index (κ1) is 19.9. The van der Waals surface area contributed by atoms with Crippen molar-refractivity contribution in [2.24, 2.45) is 0 Å². The Morgan fingerprint density at radius 2 is 1.90 bits per heavy atom. The first-order chi connectivity index (χ1) is 14.5. The van der Waals surface area contributed by atoms with E-state index in [9.17, 15) is 14.0 Å². The Hall–Kier alpha value is -3.41. The van der Waals surface area contributed by atoms with E-state index in [1.165, 1.54) is 29.2 Å². The predicted molar refractivity (Wildman–Crippen MR) is 113 cm³/mol. The number of rotatable bonds is 4. The summed E-state index contributed by atoms with van der Waals surface area (Å²) in [6, 6.07) is 13.2. The van der Waals surface area contributed by atoms with Crippen LogP contribution < -0.4 is 0 Å². The Bertz CT molecular complexity index is 1130. The number of halogens is 1. The minimum absolute atomic E-state index is 0.240. The average molecular weight is 406 g/mol. The normalized spacial score (nSPS) is 14.6. The molecule has 3 aromatic rings. The monoisotopic (exact) mass is 406 g/mol. The lowest BCUT2D eigenvalue weighted by Crippen LogP contribution is -2.28. The van der Waals surface area contributed by atoms with Gasteiger partial charge in [0, 0.05) is 29.2 Å². The van der Waals surface area contributed by atoms with E-state index in [0.29, 0.717) is 36.2 Å². The van der Waals surface area contributed by atoms with Crippen LogP contribution in [0.1, 0.15) is 41.9 Å². The van der Waals surface area contributed by atoms with Gasteiger partial charge in [0.25, 0.3) is 5.91 Å². The molecule has 4 rings (SSSR count). The molecular formula is C24H23FN2O3. The van der Waals surface area contributed by atoms with Crippen molar-refractivity contribution in [3.05, 3.63) is 77.4 Å². The lowest BCUT2D eigenvalue weighted by Gasteiger charge is -2.18. The highest BCUT2D eigenvalue weighted by Gasteiger charge is 2.28. The van der Waals surface area contributed by atoms with Crippen LogP contribution in [-0.4, -0.2) is 34.4 Å². The van der Waals surface area contributed by atoms with E-state index < -0.39 is 11.8 Å². The molecule has 0 radical (unpaired) electrons. The van der Waals surface area contributed by atoms with E-state index in [1.807, 2.05) is 38.1 Å². The zero-order valence-electron chi connectivity index (χ0n) is 16.9. The fourth-order valence-electron chi connectivity index (χ4n) is 3.61. The molecule has 30 heavy (non-hydrogen) atoms. The summed E-state index contributed by atoms with van der Waals surface area (Å²) in [6.07, 6.45) is 2.58. The Morgan fingerprint density at radius 1 is 1.17 bits per heavy atom. The quantitative estimate of drug-likeness (QED) is 0.640. The minimum atomic E-state index is -0.476. The molecule has 0 fully saturated rings. The van der Waals surface area contributed by atoms with Crippen LogP contribution in [0.2, 0.25) is 0 Å². The maximum Gasteiger partial charge on any atom is 0.342 e. The highest BCUT2D eigenvalue weighted by Crippen LogP contribution is 2.32. The first-order valence-corrected chi connectivity index (χ1v) is 10.1. The number of esters is 1. The third kappa shape index (κ3) is 3.73. The SMILES string of the molecule is CCC(C)OC(=O)C1=CN(C(=O)c2ccc(F)cc2)CCc2c1[nH]c1ccccc21. The molecule has 2 heterocycles. The zero-order valence-corrected chi connectivity index (χ0v) is 16.9. The number of hydrogen-bond acceptors (Lipinski definition) is 3. The molecule has 0 aliphatic carbocycles. The van der Waals surface area contributed by atoms with Gasteiger partial charge >= 0.3 is 5.97 Å². The number of carbonyl (C=O) groups excluding carboxylic acids is 2. The van der Waals surface area contributed by atoms with Gasteiger partial charge in [0.15, 0.2) is 0 Å². The Morgan fingerprint density at radius 3 is 2.63 bits per heavy atom. The molecule has 5 nitrogen and oxygen atoms in total. The molecule has 1 aliphatic heterocycles. The van der Waals surface area contributed by atoms with Crippen LogP contribution >= 0.6 is 0 Å². The van der Waals surface area contributed by atoms with E-state index in [-0.39, 0.29) is 12.0 Å². The molecule has 1 aromatic heterocycles. The highest BCUT2D eigenvalue weighted by atomic mass is 19.1. The molecule has 1 aliphatic rings. The van der Waals surface area contributed by atoms with E-state index in [1.54, 1.807) is 6.20 Å². The van der Waals surface area contributed by atoms with Gasteiger partial charge in [0.1, 0.15) is 5.82 Å². The Balaban J connectivity index is 1.77. The summed E-state index contributed by atoms with van der Waals surface area (Å²) in [4.78, 5) is 30.9. The molecule has 1 atom stereocenters. The number of nitrogens with one attached hydrogen (secondary N) is 1. The van der Waals surface area contributed by atoms with Crippen molar-refractivity contribution in [2.75, 3.05) is 6.54 Å². The molecule has 154 valence electrons. The summed E-state index contributed by atoms with van der Waals surface area (Å²) < 4.78 is 18.8. The maximum atomic E-state index is 13.3. The second kappa shape index (κ2) is 8.14. The Kier molecular flexibility index (Phi) is 5.40. The molecular weight excluding hydrogens is 383 g/mol. The van der Waals surface area contributed by atoms with Crippen molar-refractivity contribution in [2.45, 2.75) is 32.8 Å². The van der Waals surface area contributed by atoms with E-state index in [4.69, 9.17) is 4.74 Å². The second-order valence-electron chi connectivity index (χ2n) is 7.45. The number of amides is 1. The van der Waals surface area contributed by atoms with Gasteiger partial charge in [0.2, 0.25) is 0 Å². The number of fused-ring (bicyclic) bond motifs is 3. The number of aromatic amines is 1. The van der Waals surface area contributed by atoms with Crippen LogP contribution in [0.15, 0.2) is 54.7 Å². The molecule has 2 aromatic carbocycles. The van der Waals surface area contributed by atoms with Crippen molar-refractivity contribution in [3.8, 4) is 0 Å². The van der Waals surface area contributed by atoms with Crippen LogP contribution in [-0.2, 0) is 16.0 Å². The van der Waals surface area contributed by atoms with Crippen LogP contribution in [0.3, 0.4) is 0 Å². The van der Waals surface area contributed by atoms with E-state index in [2.05, 4.69) is 4.98 Å². The summed E-state index contributed by atoms with van der Waals surface area (Å²) in [6.45, 7) is 4.17. The van der Waals surface area contributed by atoms with Crippen molar-refractivity contribution >= 4 is 28.4 Å². The summed E-state index contributed by atoms with van der Waals surface area (Å²) in [7, 11) is 0. The molecule has 1 amide bonds. The minimum Gasteiger partial charge on any atom is -0.459 e. The van der Waals surface area contributed by atoms with Gasteiger partial charge in [-0.2, -0.15) is 0 Å². The molecule has 1 unspecified atom stereocenters. The number of ether oxygens (including phenoxy) is 1. The number of benzene rings is 2. The van der Waals surface area contributed by atoms with Gasteiger partial charge in [-0.3, -0.25) is 4.79 Å². The number of nitrogens with zero attached hydrogens (tertiary/aromatic N) is 1. The standard InChI is InChI=1S/C24H23FN2O3/c1-3-15(2)30-24(29)20-14-27(23(28)16-8-10-17(25)11-9-16)13-12-19-18-6-4-5-7-21(18)26-22(19)20/h4-11,14-15,26H,3,12-13H2,1-2H3. The lowest BCUT2D eigenvalue weighted by molar-refractivity contribution is -0.141. The molecule has 0 saturated carbocycles. The lowest BCUT2D eigenvalue weighted by atomic mass is 10.0. The van der Waals surface area contributed by atoms with Crippen molar-refractivity contribution in [3.63, 3.8) is 0 Å². The van der Waals surface area contributed by atoms with Crippen molar-refractivity contribution in [1.82, 2.24) is 9.88 Å². The molecule has 0 saturated heterocycles. The number of hydrogen-bond donors (Lipinski definition) is 1. The fraction of sp³-hybridized carbons (Fsp3) is 0.250. The van der Waals surface area contributed by atoms with Crippen molar-refractivity contribution in [1.29, 1.82) is 0 Å². The smallest absolute Gasteiger partial charge is 0.342 e. The summed E-state index contributed by atoms with van der Waals surface area (Å²) in [5.41, 5.74) is 3.27. The molecule has 0 bridgehead atoms. The second-order valence-corrected chi connectivity index (χ2v) is 7.45. The summed E-state index contributed by atoms with van der Waals surface area (Å²) in [5.74, 6) is -1.17. The van der Waals surface area contributed by atoms with Gasteiger partial charge in [0.05, 0.1) is 17.4 Å². The van der Waals surface area contributed by atoms with Crippen LogP contribution in [0.5, 0.6) is 0 Å². The first-order valence-electron chi connectivity index (χ1n) is 10.1. The summed E-state index contributed by atoms with van der Waals surface area (Å²) in [5, 5.41) is 1.02. The van der Waals surface area contributed by atoms with E-state index >= 15 is 0 Å². The highest BCUT2D eigenvalue weighted by molar-refractivity contribution is 6.18. The Labute approximate surface area is 174 Å². The molecule has 6 heteroatoms. The van der Waals surface area contributed by atoms with Crippen molar-refractivity contribution < 1.29 is 18.7 Å².